The third-order valence-corrected chi connectivity index (χ3v) is 3.42. The van der Waals surface area contributed by atoms with E-state index in [0.29, 0.717) is 27.8 Å². The molecule has 0 fully saturated rings. The van der Waals surface area contributed by atoms with Crippen LogP contribution in [0, 0.1) is 0 Å². The fourth-order valence-corrected chi connectivity index (χ4v) is 2.33. The maximum Gasteiger partial charge on any atom is 0.339 e. The minimum atomic E-state index is -0.405. The fraction of sp³-hybridized carbons (Fsp3) is 0.125. The standard InChI is InChI=1S/C16H13BrO3/c1-2-20-16(19)13-9-8-12(10-14(13)17)15(18)11-6-4-3-5-7-11/h3-10H,2H2,1H3. The molecule has 0 saturated heterocycles. The SMILES string of the molecule is CCOC(=O)c1ccc(C(=O)c2ccccc2)cc1Br. The van der Waals surface area contributed by atoms with Crippen LogP contribution in [0.4, 0.5) is 0 Å². The molecule has 0 aliphatic heterocycles. The normalized spacial score (nSPS) is 10.1. The first-order valence-corrected chi connectivity index (χ1v) is 6.99. The van der Waals surface area contributed by atoms with Crippen molar-refractivity contribution >= 4 is 27.7 Å². The molecule has 4 heteroatoms. The highest BCUT2D eigenvalue weighted by atomic mass is 79.9. The molecule has 0 saturated carbocycles. The van der Waals surface area contributed by atoms with Gasteiger partial charge in [-0.15, -0.1) is 0 Å². The Morgan fingerprint density at radius 3 is 2.35 bits per heavy atom. The summed E-state index contributed by atoms with van der Waals surface area (Å²) in [4.78, 5) is 23.9. The van der Waals surface area contributed by atoms with Crippen LogP contribution >= 0.6 is 15.9 Å². The number of esters is 1. The fourth-order valence-electron chi connectivity index (χ4n) is 1.79. The van der Waals surface area contributed by atoms with Crippen LogP contribution in [0.3, 0.4) is 0 Å². The molecule has 0 unspecified atom stereocenters. The highest BCUT2D eigenvalue weighted by molar-refractivity contribution is 9.10. The van der Waals surface area contributed by atoms with Crippen molar-refractivity contribution in [1.82, 2.24) is 0 Å². The molecule has 0 aliphatic rings. The van der Waals surface area contributed by atoms with Gasteiger partial charge in [-0.1, -0.05) is 36.4 Å². The minimum Gasteiger partial charge on any atom is -0.462 e. The number of rotatable bonds is 4. The first-order chi connectivity index (χ1) is 9.63. The number of benzene rings is 2. The van der Waals surface area contributed by atoms with Gasteiger partial charge in [0.05, 0.1) is 12.2 Å². The van der Waals surface area contributed by atoms with Crippen LogP contribution in [0.1, 0.15) is 33.2 Å². The van der Waals surface area contributed by atoms with Crippen molar-refractivity contribution < 1.29 is 14.3 Å². The van der Waals surface area contributed by atoms with Gasteiger partial charge in [-0.2, -0.15) is 0 Å². The number of carbonyl (C=O) groups is 2. The van der Waals surface area contributed by atoms with E-state index >= 15 is 0 Å². The number of hydrogen-bond donors (Lipinski definition) is 0. The van der Waals surface area contributed by atoms with Gasteiger partial charge in [0, 0.05) is 15.6 Å². The Labute approximate surface area is 125 Å². The smallest absolute Gasteiger partial charge is 0.339 e. The van der Waals surface area contributed by atoms with Crippen LogP contribution in [0.25, 0.3) is 0 Å². The molecule has 102 valence electrons. The van der Waals surface area contributed by atoms with E-state index < -0.39 is 5.97 Å². The monoisotopic (exact) mass is 332 g/mol. The Bertz CT molecular complexity index is 635. The molecule has 0 radical (unpaired) electrons. The average molecular weight is 333 g/mol. The average Bonchev–Trinajstić information content (AvgIpc) is 2.47. The molecule has 0 aliphatic carbocycles. The highest BCUT2D eigenvalue weighted by Crippen LogP contribution is 2.21. The molecule has 2 aromatic carbocycles. The van der Waals surface area contributed by atoms with Gasteiger partial charge in [-0.3, -0.25) is 4.79 Å². The molecule has 0 bridgehead atoms. The van der Waals surface area contributed by atoms with Crippen LogP contribution in [0.2, 0.25) is 0 Å². The van der Waals surface area contributed by atoms with Gasteiger partial charge in [-0.25, -0.2) is 4.79 Å². The number of ketones is 1. The van der Waals surface area contributed by atoms with E-state index in [0.717, 1.165) is 0 Å². The van der Waals surface area contributed by atoms with Gasteiger partial charge in [0.25, 0.3) is 0 Å². The third kappa shape index (κ3) is 3.14. The predicted molar refractivity (Wildman–Crippen MR) is 80.0 cm³/mol. The molecule has 2 rings (SSSR count). The summed E-state index contributed by atoms with van der Waals surface area (Å²) in [5.41, 5.74) is 1.55. The molecule has 0 spiro atoms. The second kappa shape index (κ2) is 6.48. The van der Waals surface area contributed by atoms with Crippen molar-refractivity contribution in [2.75, 3.05) is 6.61 Å². The molecule has 0 amide bonds. The van der Waals surface area contributed by atoms with Crippen LogP contribution in [0.15, 0.2) is 53.0 Å². The van der Waals surface area contributed by atoms with Gasteiger partial charge in [-0.05, 0) is 35.0 Å². The minimum absolute atomic E-state index is 0.0818. The van der Waals surface area contributed by atoms with Crippen molar-refractivity contribution in [3.8, 4) is 0 Å². The lowest BCUT2D eigenvalue weighted by molar-refractivity contribution is 0.0525. The topological polar surface area (TPSA) is 43.4 Å². The zero-order valence-electron chi connectivity index (χ0n) is 10.9. The van der Waals surface area contributed by atoms with Crippen molar-refractivity contribution in [2.45, 2.75) is 6.92 Å². The zero-order valence-corrected chi connectivity index (χ0v) is 12.5. The van der Waals surface area contributed by atoms with Crippen molar-refractivity contribution in [1.29, 1.82) is 0 Å². The second-order valence-electron chi connectivity index (χ2n) is 4.11. The molecular formula is C16H13BrO3. The lowest BCUT2D eigenvalue weighted by atomic mass is 10.0. The summed E-state index contributed by atoms with van der Waals surface area (Å²) in [6, 6.07) is 13.9. The summed E-state index contributed by atoms with van der Waals surface area (Å²) in [6.07, 6.45) is 0. The summed E-state index contributed by atoms with van der Waals surface area (Å²) < 4.78 is 5.49. The second-order valence-corrected chi connectivity index (χ2v) is 4.96. The largest absolute Gasteiger partial charge is 0.462 e. The van der Waals surface area contributed by atoms with Gasteiger partial charge >= 0.3 is 5.97 Å². The summed E-state index contributed by atoms with van der Waals surface area (Å²) >= 11 is 3.31. The summed E-state index contributed by atoms with van der Waals surface area (Å²) in [5, 5.41) is 0. The molecule has 0 heterocycles. The quantitative estimate of drug-likeness (QED) is 0.630. The Hall–Kier alpha value is -1.94. The summed E-state index contributed by atoms with van der Waals surface area (Å²) in [5.74, 6) is -0.486. The van der Waals surface area contributed by atoms with Gasteiger partial charge < -0.3 is 4.74 Å². The number of carbonyl (C=O) groups excluding carboxylic acids is 2. The Kier molecular flexibility index (Phi) is 4.69. The van der Waals surface area contributed by atoms with Crippen molar-refractivity contribution in [3.05, 3.63) is 69.7 Å². The Morgan fingerprint density at radius 1 is 1.05 bits per heavy atom. The first kappa shape index (κ1) is 14.5. The maximum atomic E-state index is 12.3. The first-order valence-electron chi connectivity index (χ1n) is 6.20. The third-order valence-electron chi connectivity index (χ3n) is 2.76. The van der Waals surface area contributed by atoms with E-state index in [1.807, 2.05) is 18.2 Å². The predicted octanol–water partition coefficient (Wildman–Crippen LogP) is 3.86. The lowest BCUT2D eigenvalue weighted by Gasteiger charge is -2.06. The molecule has 0 atom stereocenters. The van der Waals surface area contributed by atoms with Crippen LogP contribution in [0.5, 0.6) is 0 Å². The van der Waals surface area contributed by atoms with E-state index in [4.69, 9.17) is 4.74 Å². The van der Waals surface area contributed by atoms with E-state index in [-0.39, 0.29) is 5.78 Å². The highest BCUT2D eigenvalue weighted by Gasteiger charge is 2.15. The summed E-state index contributed by atoms with van der Waals surface area (Å²) in [7, 11) is 0. The number of hydrogen-bond acceptors (Lipinski definition) is 3. The Morgan fingerprint density at radius 2 is 1.75 bits per heavy atom. The zero-order chi connectivity index (χ0) is 14.5. The van der Waals surface area contributed by atoms with Crippen LogP contribution < -0.4 is 0 Å². The number of ether oxygens (including phenoxy) is 1. The molecule has 0 aromatic heterocycles. The molecule has 0 N–H and O–H groups in total. The van der Waals surface area contributed by atoms with Crippen LogP contribution in [-0.4, -0.2) is 18.4 Å². The van der Waals surface area contributed by atoms with Gasteiger partial charge in [0.2, 0.25) is 0 Å². The maximum absolute atomic E-state index is 12.3. The van der Waals surface area contributed by atoms with E-state index in [1.165, 1.54) is 0 Å². The molecular weight excluding hydrogens is 320 g/mol. The Balaban J connectivity index is 2.30. The van der Waals surface area contributed by atoms with Crippen molar-refractivity contribution in [3.63, 3.8) is 0 Å². The molecule has 20 heavy (non-hydrogen) atoms. The number of halogens is 1. The van der Waals surface area contributed by atoms with E-state index in [9.17, 15) is 9.59 Å². The molecule has 3 nitrogen and oxygen atoms in total. The molecule has 2 aromatic rings. The van der Waals surface area contributed by atoms with Crippen molar-refractivity contribution in [2.24, 2.45) is 0 Å². The lowest BCUT2D eigenvalue weighted by Crippen LogP contribution is -2.07. The van der Waals surface area contributed by atoms with Gasteiger partial charge in [0.1, 0.15) is 0 Å². The van der Waals surface area contributed by atoms with E-state index in [2.05, 4.69) is 15.9 Å². The van der Waals surface area contributed by atoms with Crippen LogP contribution in [-0.2, 0) is 4.74 Å². The van der Waals surface area contributed by atoms with Gasteiger partial charge in [0.15, 0.2) is 5.78 Å². The van der Waals surface area contributed by atoms with E-state index in [1.54, 1.807) is 37.3 Å². The summed E-state index contributed by atoms with van der Waals surface area (Å²) in [6.45, 7) is 2.06.